The Balaban J connectivity index is 2.16. The summed E-state index contributed by atoms with van der Waals surface area (Å²) in [6.45, 7) is 1.23. The van der Waals surface area contributed by atoms with Crippen molar-refractivity contribution in [2.45, 2.75) is 24.0 Å². The smallest absolute Gasteiger partial charge is 0.417 e. The molecule has 27 heavy (non-hydrogen) atoms. The Bertz CT molecular complexity index is 913. The predicted molar refractivity (Wildman–Crippen MR) is 92.9 cm³/mol. The molecule has 2 rings (SSSR count). The van der Waals surface area contributed by atoms with Crippen molar-refractivity contribution < 1.29 is 31.1 Å². The van der Waals surface area contributed by atoms with Crippen molar-refractivity contribution in [3.8, 4) is 5.75 Å². The third kappa shape index (κ3) is 5.20. The fourth-order valence-corrected chi connectivity index (χ4v) is 3.64. The fraction of sp³-hybridized carbons (Fsp3) is 0.235. The highest BCUT2D eigenvalue weighted by molar-refractivity contribution is 7.89. The summed E-state index contributed by atoms with van der Waals surface area (Å²) in [5.74, 6) is -0.168. The average molecular weight is 402 g/mol. The van der Waals surface area contributed by atoms with E-state index in [2.05, 4.69) is 5.32 Å². The maximum atomic E-state index is 13.0. The molecule has 1 unspecified atom stereocenters. The van der Waals surface area contributed by atoms with E-state index >= 15 is 0 Å². The van der Waals surface area contributed by atoms with Crippen LogP contribution in [-0.4, -0.2) is 27.5 Å². The third-order valence-corrected chi connectivity index (χ3v) is 5.16. The van der Waals surface area contributed by atoms with Crippen LogP contribution in [-0.2, 0) is 21.0 Å². The van der Waals surface area contributed by atoms with E-state index in [-0.39, 0.29) is 0 Å². The third-order valence-electron chi connectivity index (χ3n) is 3.56. The molecule has 2 aromatic carbocycles. The summed E-state index contributed by atoms with van der Waals surface area (Å²) < 4.78 is 70.8. The van der Waals surface area contributed by atoms with Gasteiger partial charge in [0.1, 0.15) is 5.75 Å². The molecule has 10 heteroatoms. The van der Waals surface area contributed by atoms with E-state index in [0.717, 1.165) is 12.1 Å². The van der Waals surface area contributed by atoms with Crippen LogP contribution in [0.4, 0.5) is 18.9 Å². The van der Waals surface area contributed by atoms with Crippen molar-refractivity contribution in [2.75, 3.05) is 12.4 Å². The van der Waals surface area contributed by atoms with Crippen LogP contribution in [0.15, 0.2) is 53.4 Å². The van der Waals surface area contributed by atoms with Crippen LogP contribution in [0.25, 0.3) is 0 Å². The van der Waals surface area contributed by atoms with Gasteiger partial charge in [-0.3, -0.25) is 4.79 Å². The van der Waals surface area contributed by atoms with Crippen molar-refractivity contribution in [3.05, 3.63) is 54.1 Å². The van der Waals surface area contributed by atoms with E-state index in [9.17, 15) is 26.4 Å². The summed E-state index contributed by atoms with van der Waals surface area (Å²) >= 11 is 0. The second kappa shape index (κ2) is 7.97. The normalized spacial score (nSPS) is 13.1. The van der Waals surface area contributed by atoms with E-state index < -0.39 is 38.6 Å². The van der Waals surface area contributed by atoms with Gasteiger partial charge in [0.05, 0.1) is 23.6 Å². The van der Waals surface area contributed by atoms with Crippen molar-refractivity contribution in [2.24, 2.45) is 0 Å². The minimum atomic E-state index is -4.85. The fourth-order valence-electron chi connectivity index (χ4n) is 2.21. The summed E-state index contributed by atoms with van der Waals surface area (Å²) in [6.07, 6.45) is -4.85. The maximum absolute atomic E-state index is 13.0. The predicted octanol–water partition coefficient (Wildman–Crippen LogP) is 3.02. The lowest BCUT2D eigenvalue weighted by molar-refractivity contribution is -0.139. The van der Waals surface area contributed by atoms with Crippen LogP contribution in [0.2, 0.25) is 0 Å². The van der Waals surface area contributed by atoms with E-state index in [1.807, 2.05) is 4.72 Å². The zero-order chi connectivity index (χ0) is 20.2. The molecular weight excluding hydrogens is 385 g/mol. The quantitative estimate of drug-likeness (QED) is 0.778. The summed E-state index contributed by atoms with van der Waals surface area (Å²) in [6, 6.07) is 8.70. The molecule has 1 amide bonds. The van der Waals surface area contributed by atoms with Gasteiger partial charge in [0.15, 0.2) is 0 Å². The number of carbonyl (C=O) groups excluding carboxylic acids is 1. The van der Waals surface area contributed by atoms with Gasteiger partial charge in [-0.05, 0) is 43.3 Å². The summed E-state index contributed by atoms with van der Waals surface area (Å²) in [5, 5.41) is 2.47. The average Bonchev–Trinajstić information content (AvgIpc) is 2.61. The Morgan fingerprint density at radius 2 is 1.67 bits per heavy atom. The van der Waals surface area contributed by atoms with Gasteiger partial charge >= 0.3 is 6.18 Å². The number of methoxy groups -OCH3 is 1. The molecule has 146 valence electrons. The first-order valence-electron chi connectivity index (χ1n) is 7.68. The van der Waals surface area contributed by atoms with Gasteiger partial charge in [0.2, 0.25) is 15.9 Å². The van der Waals surface area contributed by atoms with Crippen LogP contribution >= 0.6 is 0 Å². The zero-order valence-electron chi connectivity index (χ0n) is 14.4. The standard InChI is InChI=1S/C17H17F3N2O4S/c1-11(16(23)21-12-7-9-13(26-2)10-8-12)22-27(24,25)15-6-4-3-5-14(15)17(18,19)20/h3-11,22H,1-2H3,(H,21,23). The number of anilines is 1. The molecule has 0 aliphatic rings. The Kier molecular flexibility index (Phi) is 6.11. The number of benzene rings is 2. The van der Waals surface area contributed by atoms with Crippen LogP contribution in [0, 0.1) is 0 Å². The van der Waals surface area contributed by atoms with Crippen molar-refractivity contribution in [1.82, 2.24) is 4.72 Å². The highest BCUT2D eigenvalue weighted by Gasteiger charge is 2.37. The molecule has 2 N–H and O–H groups in total. The molecule has 0 heterocycles. The minimum Gasteiger partial charge on any atom is -0.497 e. The van der Waals surface area contributed by atoms with Crippen LogP contribution in [0.3, 0.4) is 0 Å². The number of hydrogen-bond acceptors (Lipinski definition) is 4. The number of rotatable bonds is 6. The van der Waals surface area contributed by atoms with Gasteiger partial charge in [-0.2, -0.15) is 17.9 Å². The molecule has 0 aliphatic heterocycles. The van der Waals surface area contributed by atoms with Gasteiger partial charge in [-0.15, -0.1) is 0 Å². The Labute approximate surface area is 154 Å². The number of alkyl halides is 3. The van der Waals surface area contributed by atoms with E-state index in [1.54, 1.807) is 12.1 Å². The molecule has 0 aromatic heterocycles. The van der Waals surface area contributed by atoms with E-state index in [1.165, 1.54) is 32.2 Å². The molecule has 0 aliphatic carbocycles. The molecule has 0 radical (unpaired) electrons. The van der Waals surface area contributed by atoms with Crippen LogP contribution in [0.5, 0.6) is 5.75 Å². The Hall–Kier alpha value is -2.59. The zero-order valence-corrected chi connectivity index (χ0v) is 15.2. The van der Waals surface area contributed by atoms with Crippen molar-refractivity contribution in [3.63, 3.8) is 0 Å². The molecule has 0 saturated heterocycles. The van der Waals surface area contributed by atoms with Crippen molar-refractivity contribution >= 4 is 21.6 Å². The number of carbonyl (C=O) groups is 1. The van der Waals surface area contributed by atoms with Crippen LogP contribution < -0.4 is 14.8 Å². The topological polar surface area (TPSA) is 84.5 Å². The highest BCUT2D eigenvalue weighted by atomic mass is 32.2. The van der Waals surface area contributed by atoms with Gasteiger partial charge < -0.3 is 10.1 Å². The number of amides is 1. The molecule has 0 bridgehead atoms. The summed E-state index contributed by atoms with van der Waals surface area (Å²) in [7, 11) is -3.10. The molecule has 6 nitrogen and oxygen atoms in total. The number of ether oxygens (including phenoxy) is 1. The molecule has 0 fully saturated rings. The molecule has 0 spiro atoms. The summed E-state index contributed by atoms with van der Waals surface area (Å²) in [4.78, 5) is 11.2. The first-order valence-corrected chi connectivity index (χ1v) is 9.16. The first kappa shape index (κ1) is 20.7. The Morgan fingerprint density at radius 3 is 2.22 bits per heavy atom. The molecule has 2 aromatic rings. The maximum Gasteiger partial charge on any atom is 0.417 e. The lowest BCUT2D eigenvalue weighted by atomic mass is 10.2. The Morgan fingerprint density at radius 1 is 1.07 bits per heavy atom. The minimum absolute atomic E-state index is 0.377. The number of sulfonamides is 1. The lowest BCUT2D eigenvalue weighted by Gasteiger charge is -2.17. The number of hydrogen-bond donors (Lipinski definition) is 2. The molecule has 0 saturated carbocycles. The molecule has 1 atom stereocenters. The summed E-state index contributed by atoms with van der Waals surface area (Å²) in [5.41, 5.74) is -0.928. The van der Waals surface area contributed by atoms with Gasteiger partial charge in [0.25, 0.3) is 0 Å². The monoisotopic (exact) mass is 402 g/mol. The SMILES string of the molecule is COc1ccc(NC(=O)C(C)NS(=O)(=O)c2ccccc2C(F)(F)F)cc1. The second-order valence-corrected chi connectivity index (χ2v) is 7.24. The van der Waals surface area contributed by atoms with Gasteiger partial charge in [0, 0.05) is 5.69 Å². The van der Waals surface area contributed by atoms with E-state index in [4.69, 9.17) is 4.74 Å². The highest BCUT2D eigenvalue weighted by Crippen LogP contribution is 2.33. The number of nitrogens with one attached hydrogen (secondary N) is 2. The second-order valence-electron chi connectivity index (χ2n) is 5.55. The lowest BCUT2D eigenvalue weighted by Crippen LogP contribution is -2.42. The largest absolute Gasteiger partial charge is 0.497 e. The van der Waals surface area contributed by atoms with Crippen molar-refractivity contribution in [1.29, 1.82) is 0 Å². The van der Waals surface area contributed by atoms with Crippen LogP contribution in [0.1, 0.15) is 12.5 Å². The van der Waals surface area contributed by atoms with Gasteiger partial charge in [-0.25, -0.2) is 8.42 Å². The molecular formula is C17H17F3N2O4S. The van der Waals surface area contributed by atoms with E-state index in [0.29, 0.717) is 17.5 Å². The number of halogens is 3. The first-order chi connectivity index (χ1) is 12.5. The van der Waals surface area contributed by atoms with Gasteiger partial charge in [-0.1, -0.05) is 12.1 Å².